The topological polar surface area (TPSA) is 71.5 Å². The number of amides is 1. The van der Waals surface area contributed by atoms with E-state index in [1.807, 2.05) is 85.1 Å². The summed E-state index contributed by atoms with van der Waals surface area (Å²) >= 11 is 0. The smallest absolute Gasteiger partial charge is 0.248 e. The molecule has 0 fully saturated rings. The molecule has 0 spiro atoms. The van der Waals surface area contributed by atoms with Crippen LogP contribution in [0.25, 0.3) is 16.8 Å². The van der Waals surface area contributed by atoms with Gasteiger partial charge in [0.2, 0.25) is 5.91 Å². The summed E-state index contributed by atoms with van der Waals surface area (Å²) in [6.45, 7) is 0.239. The molecule has 3 aromatic carbocycles. The van der Waals surface area contributed by atoms with E-state index in [0.29, 0.717) is 12.2 Å². The predicted molar refractivity (Wildman–Crippen MR) is 132 cm³/mol. The van der Waals surface area contributed by atoms with Gasteiger partial charge in [-0.05, 0) is 77.2 Å². The molecule has 0 aliphatic rings. The third-order valence-corrected chi connectivity index (χ3v) is 5.24. The molecular weight excluding hydrogens is 412 g/mol. The molecule has 1 amide bonds. The summed E-state index contributed by atoms with van der Waals surface area (Å²) in [4.78, 5) is 16.2. The number of aliphatic hydroxyl groups excluding tert-OH is 1. The highest BCUT2D eigenvalue weighted by molar-refractivity contribution is 6.02. The second kappa shape index (κ2) is 11.1. The first-order valence-electron chi connectivity index (χ1n) is 10.9. The van der Waals surface area contributed by atoms with Crippen molar-refractivity contribution in [3.8, 4) is 5.75 Å². The van der Waals surface area contributed by atoms with Gasteiger partial charge in [-0.1, -0.05) is 42.5 Å². The zero-order valence-corrected chi connectivity index (χ0v) is 18.2. The van der Waals surface area contributed by atoms with Gasteiger partial charge in [0, 0.05) is 24.2 Å². The summed E-state index contributed by atoms with van der Waals surface area (Å²) < 4.78 is 5.80. The third kappa shape index (κ3) is 6.76. The normalized spacial score (nSPS) is 12.0. The molecule has 166 valence electrons. The third-order valence-electron chi connectivity index (χ3n) is 5.24. The minimum Gasteiger partial charge on any atom is -0.491 e. The Morgan fingerprint density at radius 3 is 2.64 bits per heavy atom. The SMILES string of the molecule is O=C(C=Cc1ccc2cc(OC[C@H](O)CCc3cccnc3)ccc2c1)Nc1ccccc1. The summed E-state index contributed by atoms with van der Waals surface area (Å²) in [5.74, 6) is 0.542. The van der Waals surface area contributed by atoms with Crippen LogP contribution in [-0.4, -0.2) is 28.7 Å². The van der Waals surface area contributed by atoms with Gasteiger partial charge in [-0.25, -0.2) is 0 Å². The molecule has 1 atom stereocenters. The van der Waals surface area contributed by atoms with Gasteiger partial charge < -0.3 is 15.2 Å². The van der Waals surface area contributed by atoms with Crippen molar-refractivity contribution in [2.75, 3.05) is 11.9 Å². The lowest BCUT2D eigenvalue weighted by molar-refractivity contribution is -0.111. The number of anilines is 1. The van der Waals surface area contributed by atoms with E-state index in [-0.39, 0.29) is 12.5 Å². The van der Waals surface area contributed by atoms with Crippen LogP contribution < -0.4 is 10.1 Å². The highest BCUT2D eigenvalue weighted by Crippen LogP contribution is 2.23. The number of aliphatic hydroxyl groups is 1. The van der Waals surface area contributed by atoms with Crippen molar-refractivity contribution in [3.05, 3.63) is 108 Å². The molecule has 0 bridgehead atoms. The highest BCUT2D eigenvalue weighted by atomic mass is 16.5. The van der Waals surface area contributed by atoms with Crippen LogP contribution in [0.15, 0.2) is 97.3 Å². The second-order valence-electron chi connectivity index (χ2n) is 7.82. The van der Waals surface area contributed by atoms with Crippen LogP contribution in [-0.2, 0) is 11.2 Å². The van der Waals surface area contributed by atoms with Crippen LogP contribution in [0, 0.1) is 0 Å². The summed E-state index contributed by atoms with van der Waals surface area (Å²) in [6.07, 6.45) is 7.71. The van der Waals surface area contributed by atoms with Gasteiger partial charge in [-0.2, -0.15) is 0 Å². The number of carbonyl (C=O) groups is 1. The van der Waals surface area contributed by atoms with Gasteiger partial charge in [0.1, 0.15) is 12.4 Å². The lowest BCUT2D eigenvalue weighted by Crippen LogP contribution is -2.18. The molecule has 0 saturated heterocycles. The maximum absolute atomic E-state index is 12.1. The van der Waals surface area contributed by atoms with E-state index in [2.05, 4.69) is 10.3 Å². The van der Waals surface area contributed by atoms with Crippen molar-refractivity contribution in [2.24, 2.45) is 0 Å². The summed E-state index contributed by atoms with van der Waals surface area (Å²) in [5, 5.41) is 15.1. The van der Waals surface area contributed by atoms with Crippen molar-refractivity contribution in [3.63, 3.8) is 0 Å². The number of ether oxygens (including phenoxy) is 1. The number of rotatable bonds is 9. The standard InChI is InChI=1S/C28H26N2O3/c31-26(13-9-22-5-4-16-29-19-22)20-33-27-14-12-23-17-21(8-11-24(23)18-27)10-15-28(32)30-25-6-2-1-3-7-25/h1-8,10-12,14-19,26,31H,9,13,20H2,(H,30,32)/t26-/m1/s1. The number of carbonyl (C=O) groups excluding carboxylic acids is 1. The first-order valence-corrected chi connectivity index (χ1v) is 10.9. The van der Waals surface area contributed by atoms with Crippen LogP contribution in [0.1, 0.15) is 17.5 Å². The monoisotopic (exact) mass is 438 g/mol. The van der Waals surface area contributed by atoms with Gasteiger partial charge in [0.05, 0.1) is 6.10 Å². The van der Waals surface area contributed by atoms with E-state index in [0.717, 1.165) is 34.0 Å². The number of pyridine rings is 1. The Kier molecular flexibility index (Phi) is 7.46. The first-order chi connectivity index (χ1) is 16.2. The van der Waals surface area contributed by atoms with Gasteiger partial charge in [-0.15, -0.1) is 0 Å². The Morgan fingerprint density at radius 1 is 1.00 bits per heavy atom. The Bertz CT molecular complexity index is 1220. The Hall–Kier alpha value is -3.96. The van der Waals surface area contributed by atoms with Crippen molar-refractivity contribution in [2.45, 2.75) is 18.9 Å². The second-order valence-corrected chi connectivity index (χ2v) is 7.82. The van der Waals surface area contributed by atoms with Crippen molar-refractivity contribution in [1.82, 2.24) is 4.98 Å². The van der Waals surface area contributed by atoms with Crippen molar-refractivity contribution in [1.29, 1.82) is 0 Å². The van der Waals surface area contributed by atoms with Crippen LogP contribution >= 0.6 is 0 Å². The molecule has 5 heteroatoms. The lowest BCUT2D eigenvalue weighted by atomic mass is 10.1. The Morgan fingerprint density at radius 2 is 1.82 bits per heavy atom. The van der Waals surface area contributed by atoms with E-state index in [4.69, 9.17) is 4.74 Å². The number of aromatic nitrogens is 1. The number of hydrogen-bond acceptors (Lipinski definition) is 4. The molecule has 0 aliphatic heterocycles. The zero-order chi connectivity index (χ0) is 22.9. The van der Waals surface area contributed by atoms with Crippen LogP contribution in [0.3, 0.4) is 0 Å². The molecule has 1 heterocycles. The van der Waals surface area contributed by atoms with Crippen molar-refractivity contribution < 1.29 is 14.6 Å². The highest BCUT2D eigenvalue weighted by Gasteiger charge is 2.07. The van der Waals surface area contributed by atoms with E-state index in [1.54, 1.807) is 12.3 Å². The molecule has 0 radical (unpaired) electrons. The fourth-order valence-corrected chi connectivity index (χ4v) is 3.47. The summed E-state index contributed by atoms with van der Waals surface area (Å²) in [7, 11) is 0. The quantitative estimate of drug-likeness (QED) is 0.350. The van der Waals surface area contributed by atoms with Crippen LogP contribution in [0.5, 0.6) is 5.75 Å². The maximum Gasteiger partial charge on any atom is 0.248 e. The lowest BCUT2D eigenvalue weighted by Gasteiger charge is -2.13. The fraction of sp³-hybridized carbons (Fsp3) is 0.143. The molecule has 0 unspecified atom stereocenters. The van der Waals surface area contributed by atoms with Crippen LogP contribution in [0.4, 0.5) is 5.69 Å². The van der Waals surface area contributed by atoms with Gasteiger partial charge in [-0.3, -0.25) is 9.78 Å². The number of aryl methyl sites for hydroxylation is 1. The largest absolute Gasteiger partial charge is 0.491 e. The molecule has 33 heavy (non-hydrogen) atoms. The molecule has 1 aromatic heterocycles. The predicted octanol–water partition coefficient (Wildman–Crippen LogP) is 5.26. The molecule has 2 N–H and O–H groups in total. The number of nitrogens with zero attached hydrogens (tertiary/aromatic N) is 1. The number of para-hydroxylation sites is 1. The Balaban J connectivity index is 1.31. The van der Waals surface area contributed by atoms with E-state index < -0.39 is 6.10 Å². The molecule has 5 nitrogen and oxygen atoms in total. The summed E-state index contributed by atoms with van der Waals surface area (Å²) in [5.41, 5.74) is 2.80. The number of fused-ring (bicyclic) bond motifs is 1. The number of nitrogens with one attached hydrogen (secondary N) is 1. The van der Waals surface area contributed by atoms with Gasteiger partial charge in [0.15, 0.2) is 0 Å². The molecular formula is C28H26N2O3. The van der Waals surface area contributed by atoms with E-state index >= 15 is 0 Å². The molecule has 0 saturated carbocycles. The van der Waals surface area contributed by atoms with Crippen molar-refractivity contribution >= 4 is 28.4 Å². The molecule has 4 aromatic rings. The van der Waals surface area contributed by atoms with E-state index in [1.165, 1.54) is 6.08 Å². The van der Waals surface area contributed by atoms with Crippen LogP contribution in [0.2, 0.25) is 0 Å². The number of hydrogen-bond donors (Lipinski definition) is 2. The first kappa shape index (κ1) is 22.2. The average Bonchev–Trinajstić information content (AvgIpc) is 2.86. The summed E-state index contributed by atoms with van der Waals surface area (Å²) in [6, 6.07) is 25.1. The number of benzene rings is 3. The average molecular weight is 439 g/mol. The minimum absolute atomic E-state index is 0.174. The fourth-order valence-electron chi connectivity index (χ4n) is 3.47. The molecule has 0 aliphatic carbocycles. The van der Waals surface area contributed by atoms with Gasteiger partial charge >= 0.3 is 0 Å². The van der Waals surface area contributed by atoms with E-state index in [9.17, 15) is 9.90 Å². The molecule has 4 rings (SSSR count). The maximum atomic E-state index is 12.1. The minimum atomic E-state index is -0.546. The zero-order valence-electron chi connectivity index (χ0n) is 18.2. The Labute approximate surface area is 193 Å². The van der Waals surface area contributed by atoms with Gasteiger partial charge in [0.25, 0.3) is 0 Å².